The van der Waals surface area contributed by atoms with Crippen LogP contribution in [0, 0.1) is 19.7 Å². The van der Waals surface area contributed by atoms with Crippen molar-refractivity contribution >= 4 is 17.3 Å². The highest BCUT2D eigenvalue weighted by Crippen LogP contribution is 2.37. The van der Waals surface area contributed by atoms with Gasteiger partial charge in [-0.25, -0.2) is 4.39 Å². The van der Waals surface area contributed by atoms with Gasteiger partial charge < -0.3 is 14.8 Å². The molecular formula is C23H23ClFNO2. The number of hydrogen-bond acceptors (Lipinski definition) is 3. The standard InChI is InChI=1S/C23H23ClFNO2/c1-15-6-4-9-21(16(15)2)26-13-18-11-20(24)23(22(12-18)27-3)28-14-17-7-5-8-19(25)10-17/h4-12,26H,13-14H2,1-3H3. The molecule has 5 heteroatoms. The molecule has 1 N–H and O–H groups in total. The lowest BCUT2D eigenvalue weighted by atomic mass is 10.1. The molecule has 0 aromatic heterocycles. The fourth-order valence-electron chi connectivity index (χ4n) is 2.94. The van der Waals surface area contributed by atoms with Crippen molar-refractivity contribution in [1.29, 1.82) is 0 Å². The average Bonchev–Trinajstić information content (AvgIpc) is 2.68. The van der Waals surface area contributed by atoms with Crippen LogP contribution in [0.1, 0.15) is 22.3 Å². The van der Waals surface area contributed by atoms with Gasteiger partial charge in [0.05, 0.1) is 12.1 Å². The second-order valence-electron chi connectivity index (χ2n) is 6.63. The molecule has 0 bridgehead atoms. The minimum Gasteiger partial charge on any atom is -0.493 e. The van der Waals surface area contributed by atoms with E-state index in [1.807, 2.05) is 18.2 Å². The van der Waals surface area contributed by atoms with Crippen LogP contribution in [0.5, 0.6) is 11.5 Å². The lowest BCUT2D eigenvalue weighted by Crippen LogP contribution is -2.04. The quantitative estimate of drug-likeness (QED) is 0.506. The molecule has 3 rings (SSSR count). The van der Waals surface area contributed by atoms with Crippen LogP contribution in [0.3, 0.4) is 0 Å². The molecule has 0 heterocycles. The number of hydrogen-bond donors (Lipinski definition) is 1. The van der Waals surface area contributed by atoms with Crippen LogP contribution in [0.15, 0.2) is 54.6 Å². The highest BCUT2D eigenvalue weighted by atomic mass is 35.5. The SMILES string of the molecule is COc1cc(CNc2cccc(C)c2C)cc(Cl)c1OCc1cccc(F)c1. The van der Waals surface area contributed by atoms with E-state index in [0.717, 1.165) is 16.8 Å². The topological polar surface area (TPSA) is 30.5 Å². The predicted octanol–water partition coefficient (Wildman–Crippen LogP) is 6.30. The van der Waals surface area contributed by atoms with Gasteiger partial charge in [-0.05, 0) is 66.4 Å². The Morgan fingerprint density at radius 3 is 2.54 bits per heavy atom. The first-order chi connectivity index (χ1) is 13.5. The zero-order valence-corrected chi connectivity index (χ0v) is 16.9. The van der Waals surface area contributed by atoms with Crippen LogP contribution in [0.25, 0.3) is 0 Å². The summed E-state index contributed by atoms with van der Waals surface area (Å²) in [4.78, 5) is 0. The normalized spacial score (nSPS) is 10.6. The number of anilines is 1. The third-order valence-corrected chi connectivity index (χ3v) is 4.93. The molecule has 0 aliphatic carbocycles. The van der Waals surface area contributed by atoms with E-state index in [9.17, 15) is 4.39 Å². The monoisotopic (exact) mass is 399 g/mol. The first-order valence-corrected chi connectivity index (χ1v) is 9.39. The molecule has 3 nitrogen and oxygen atoms in total. The van der Waals surface area contributed by atoms with Crippen LogP contribution >= 0.6 is 11.6 Å². The molecule has 0 aliphatic rings. The molecule has 0 amide bonds. The molecule has 0 aliphatic heterocycles. The van der Waals surface area contributed by atoms with Crippen LogP contribution < -0.4 is 14.8 Å². The molecule has 0 fully saturated rings. The highest BCUT2D eigenvalue weighted by Gasteiger charge is 2.13. The fraction of sp³-hybridized carbons (Fsp3) is 0.217. The van der Waals surface area contributed by atoms with Crippen molar-refractivity contribution in [2.24, 2.45) is 0 Å². The van der Waals surface area contributed by atoms with Crippen LogP contribution in [0.4, 0.5) is 10.1 Å². The van der Waals surface area contributed by atoms with E-state index >= 15 is 0 Å². The fourth-order valence-corrected chi connectivity index (χ4v) is 3.23. The molecule has 28 heavy (non-hydrogen) atoms. The second kappa shape index (κ2) is 8.98. The van der Waals surface area contributed by atoms with Crippen molar-refractivity contribution in [3.8, 4) is 11.5 Å². The summed E-state index contributed by atoms with van der Waals surface area (Å²) in [5, 5.41) is 3.89. The Balaban J connectivity index is 1.74. The van der Waals surface area contributed by atoms with Crippen molar-refractivity contribution in [3.05, 3.63) is 87.7 Å². The number of aryl methyl sites for hydroxylation is 1. The van der Waals surface area contributed by atoms with E-state index in [-0.39, 0.29) is 12.4 Å². The summed E-state index contributed by atoms with van der Waals surface area (Å²) in [6.07, 6.45) is 0. The van der Waals surface area contributed by atoms with E-state index in [2.05, 4.69) is 31.3 Å². The first kappa shape index (κ1) is 20.0. The lowest BCUT2D eigenvalue weighted by Gasteiger charge is -2.16. The van der Waals surface area contributed by atoms with Crippen molar-refractivity contribution in [1.82, 2.24) is 0 Å². The Labute approximate surface area is 170 Å². The number of nitrogens with one attached hydrogen (secondary N) is 1. The first-order valence-electron chi connectivity index (χ1n) is 9.01. The molecule has 146 valence electrons. The summed E-state index contributed by atoms with van der Waals surface area (Å²) in [6.45, 7) is 4.98. The van der Waals surface area contributed by atoms with Gasteiger partial charge in [-0.2, -0.15) is 0 Å². The molecule has 3 aromatic carbocycles. The minimum absolute atomic E-state index is 0.202. The van der Waals surface area contributed by atoms with Gasteiger partial charge in [0.1, 0.15) is 12.4 Å². The number of halogens is 2. The molecule has 0 saturated heterocycles. The summed E-state index contributed by atoms with van der Waals surface area (Å²) < 4.78 is 24.6. The molecule has 0 atom stereocenters. The third kappa shape index (κ3) is 4.76. The predicted molar refractivity (Wildman–Crippen MR) is 112 cm³/mol. The van der Waals surface area contributed by atoms with Crippen LogP contribution in [0.2, 0.25) is 5.02 Å². The van der Waals surface area contributed by atoms with Crippen LogP contribution in [-0.2, 0) is 13.2 Å². The van der Waals surface area contributed by atoms with E-state index < -0.39 is 0 Å². The number of methoxy groups -OCH3 is 1. The Bertz CT molecular complexity index is 975. The van der Waals surface area contributed by atoms with E-state index in [4.69, 9.17) is 21.1 Å². The maximum absolute atomic E-state index is 13.3. The Hall–Kier alpha value is -2.72. The molecule has 3 aromatic rings. The Morgan fingerprint density at radius 2 is 1.79 bits per heavy atom. The second-order valence-corrected chi connectivity index (χ2v) is 7.04. The van der Waals surface area contributed by atoms with Gasteiger partial charge in [0.15, 0.2) is 11.5 Å². The largest absolute Gasteiger partial charge is 0.493 e. The average molecular weight is 400 g/mol. The van der Waals surface area contributed by atoms with Gasteiger partial charge in [-0.1, -0.05) is 35.9 Å². The molecule has 0 spiro atoms. The van der Waals surface area contributed by atoms with E-state index in [0.29, 0.717) is 23.1 Å². The Morgan fingerprint density at radius 1 is 1.00 bits per heavy atom. The zero-order valence-electron chi connectivity index (χ0n) is 16.2. The Kier molecular flexibility index (Phi) is 6.42. The summed E-state index contributed by atoms with van der Waals surface area (Å²) in [7, 11) is 1.57. The minimum atomic E-state index is -0.299. The van der Waals surface area contributed by atoms with Crippen molar-refractivity contribution < 1.29 is 13.9 Å². The summed E-state index contributed by atoms with van der Waals surface area (Å²) in [6, 6.07) is 16.2. The number of ether oxygens (including phenoxy) is 2. The van der Waals surface area contributed by atoms with Crippen molar-refractivity contribution in [2.45, 2.75) is 27.0 Å². The van der Waals surface area contributed by atoms with Crippen LogP contribution in [-0.4, -0.2) is 7.11 Å². The van der Waals surface area contributed by atoms with E-state index in [1.165, 1.54) is 23.3 Å². The molecule has 0 saturated carbocycles. The van der Waals surface area contributed by atoms with Gasteiger partial charge in [0.25, 0.3) is 0 Å². The highest BCUT2D eigenvalue weighted by molar-refractivity contribution is 6.32. The number of benzene rings is 3. The zero-order chi connectivity index (χ0) is 20.1. The van der Waals surface area contributed by atoms with Gasteiger partial charge in [-0.15, -0.1) is 0 Å². The smallest absolute Gasteiger partial charge is 0.180 e. The molecule has 0 unspecified atom stereocenters. The third-order valence-electron chi connectivity index (χ3n) is 4.65. The molecular weight excluding hydrogens is 377 g/mol. The lowest BCUT2D eigenvalue weighted by molar-refractivity contribution is 0.284. The van der Waals surface area contributed by atoms with Crippen molar-refractivity contribution in [2.75, 3.05) is 12.4 Å². The van der Waals surface area contributed by atoms with Gasteiger partial charge in [0.2, 0.25) is 0 Å². The van der Waals surface area contributed by atoms with Gasteiger partial charge in [0, 0.05) is 12.2 Å². The maximum atomic E-state index is 13.3. The van der Waals surface area contributed by atoms with Gasteiger partial charge in [-0.3, -0.25) is 0 Å². The van der Waals surface area contributed by atoms with E-state index in [1.54, 1.807) is 19.2 Å². The maximum Gasteiger partial charge on any atom is 0.180 e. The molecule has 0 radical (unpaired) electrons. The summed E-state index contributed by atoms with van der Waals surface area (Å²) >= 11 is 6.44. The van der Waals surface area contributed by atoms with Crippen molar-refractivity contribution in [3.63, 3.8) is 0 Å². The number of rotatable bonds is 7. The summed E-state index contributed by atoms with van der Waals surface area (Å²) in [5.41, 5.74) is 5.23. The summed E-state index contributed by atoms with van der Waals surface area (Å²) in [5.74, 6) is 0.692. The van der Waals surface area contributed by atoms with Gasteiger partial charge >= 0.3 is 0 Å².